The van der Waals surface area contributed by atoms with Crippen LogP contribution in [0.15, 0.2) is 0 Å². The molecule has 0 spiro atoms. The summed E-state index contributed by atoms with van der Waals surface area (Å²) in [5, 5.41) is 1.27. The van der Waals surface area contributed by atoms with E-state index in [-0.39, 0.29) is 5.25 Å². The maximum Gasteiger partial charge on any atom is 0.235 e. The lowest BCUT2D eigenvalue weighted by Crippen LogP contribution is -2.36. The number of carbonyl (C=O) groups is 1. The zero-order valence-corrected chi connectivity index (χ0v) is 11.6. The molecule has 86 valence electrons. The van der Waals surface area contributed by atoms with Crippen LogP contribution in [-0.2, 0) is 4.79 Å². The molecule has 0 saturated carbocycles. The highest BCUT2D eigenvalue weighted by atomic mass is 79.9. The van der Waals surface area contributed by atoms with Crippen LogP contribution in [0, 0.1) is 5.41 Å². The van der Waals surface area contributed by atoms with Crippen molar-refractivity contribution in [1.29, 1.82) is 0 Å². The van der Waals surface area contributed by atoms with Gasteiger partial charge in [0.1, 0.15) is 0 Å². The molecular formula is C11H18BrNOS. The molecule has 0 bridgehead atoms. The topological polar surface area (TPSA) is 20.3 Å². The Labute approximate surface area is 104 Å². The number of amides is 1. The molecule has 0 radical (unpaired) electrons. The lowest BCUT2D eigenvalue weighted by atomic mass is 9.93. The van der Waals surface area contributed by atoms with E-state index in [1.165, 1.54) is 12.2 Å². The number of rotatable bonds is 2. The number of likely N-dealkylation sites (tertiary alicyclic amines) is 1. The molecule has 2 fully saturated rings. The molecule has 2 saturated heterocycles. The third-order valence-electron chi connectivity index (χ3n) is 3.40. The minimum Gasteiger partial charge on any atom is -0.341 e. The minimum absolute atomic E-state index is 0.266. The first kappa shape index (κ1) is 11.8. The van der Waals surface area contributed by atoms with Crippen LogP contribution < -0.4 is 0 Å². The summed E-state index contributed by atoms with van der Waals surface area (Å²) in [4.78, 5) is 14.2. The van der Waals surface area contributed by atoms with Crippen LogP contribution >= 0.6 is 27.7 Å². The number of nitrogens with zero attached hydrogens (tertiary/aromatic N) is 1. The van der Waals surface area contributed by atoms with Crippen molar-refractivity contribution in [2.24, 2.45) is 5.41 Å². The van der Waals surface area contributed by atoms with E-state index in [1.54, 1.807) is 0 Å². The first-order valence-corrected chi connectivity index (χ1v) is 7.78. The highest BCUT2D eigenvalue weighted by molar-refractivity contribution is 9.09. The van der Waals surface area contributed by atoms with Gasteiger partial charge in [-0.15, -0.1) is 11.8 Å². The second kappa shape index (κ2) is 4.66. The largest absolute Gasteiger partial charge is 0.341 e. The van der Waals surface area contributed by atoms with Gasteiger partial charge in [-0.1, -0.05) is 22.9 Å². The maximum absolute atomic E-state index is 12.1. The first-order chi connectivity index (χ1) is 7.14. The van der Waals surface area contributed by atoms with E-state index in [0.717, 1.165) is 31.3 Å². The predicted molar refractivity (Wildman–Crippen MR) is 68.6 cm³/mol. The molecule has 1 amide bonds. The molecular weight excluding hydrogens is 274 g/mol. The Morgan fingerprint density at radius 2 is 2.47 bits per heavy atom. The van der Waals surface area contributed by atoms with Gasteiger partial charge in [-0.25, -0.2) is 0 Å². The number of hydrogen-bond acceptors (Lipinski definition) is 2. The van der Waals surface area contributed by atoms with Crippen molar-refractivity contribution in [3.05, 3.63) is 0 Å². The standard InChI is InChI=1S/C11H18BrNOS/c1-11(7-12)4-5-13(8-11)10(14)9-3-2-6-15-9/h9H,2-8H2,1H3. The first-order valence-electron chi connectivity index (χ1n) is 5.61. The van der Waals surface area contributed by atoms with Crippen molar-refractivity contribution in [3.8, 4) is 0 Å². The molecule has 2 nitrogen and oxygen atoms in total. The van der Waals surface area contributed by atoms with Crippen LogP contribution in [-0.4, -0.2) is 40.2 Å². The van der Waals surface area contributed by atoms with Crippen LogP contribution in [0.5, 0.6) is 0 Å². The summed E-state index contributed by atoms with van der Waals surface area (Å²) in [7, 11) is 0. The third kappa shape index (κ3) is 2.52. The van der Waals surface area contributed by atoms with Crippen LogP contribution in [0.25, 0.3) is 0 Å². The molecule has 0 aliphatic carbocycles. The second-order valence-electron chi connectivity index (χ2n) is 4.96. The number of halogens is 1. The van der Waals surface area contributed by atoms with Crippen molar-refractivity contribution < 1.29 is 4.79 Å². The van der Waals surface area contributed by atoms with Gasteiger partial charge >= 0.3 is 0 Å². The summed E-state index contributed by atoms with van der Waals surface area (Å²) in [5.41, 5.74) is 0.304. The summed E-state index contributed by atoms with van der Waals surface area (Å²) in [6, 6.07) is 0. The lowest BCUT2D eigenvalue weighted by molar-refractivity contribution is -0.129. The van der Waals surface area contributed by atoms with Gasteiger partial charge in [-0.2, -0.15) is 0 Å². The molecule has 2 aliphatic heterocycles. The number of alkyl halides is 1. The number of carbonyl (C=O) groups excluding carboxylic acids is 1. The smallest absolute Gasteiger partial charge is 0.235 e. The van der Waals surface area contributed by atoms with Gasteiger partial charge in [0.2, 0.25) is 5.91 Å². The fourth-order valence-electron chi connectivity index (χ4n) is 2.30. The SMILES string of the molecule is CC1(CBr)CCN(C(=O)C2CCCS2)C1. The van der Waals surface area contributed by atoms with Gasteiger partial charge in [0.05, 0.1) is 5.25 Å². The Kier molecular flexibility index (Phi) is 3.66. The lowest BCUT2D eigenvalue weighted by Gasteiger charge is -2.23. The Hall–Kier alpha value is 0.300. The van der Waals surface area contributed by atoms with Crippen LogP contribution in [0.3, 0.4) is 0 Å². The molecule has 0 N–H and O–H groups in total. The number of hydrogen-bond donors (Lipinski definition) is 0. The Morgan fingerprint density at radius 1 is 1.67 bits per heavy atom. The molecule has 2 rings (SSSR count). The van der Waals surface area contributed by atoms with E-state index in [1.807, 2.05) is 11.8 Å². The van der Waals surface area contributed by atoms with Gasteiger partial charge < -0.3 is 4.90 Å². The average molecular weight is 292 g/mol. The molecule has 0 aromatic carbocycles. The van der Waals surface area contributed by atoms with Crippen LogP contribution in [0.4, 0.5) is 0 Å². The average Bonchev–Trinajstić information content (AvgIpc) is 2.86. The Balaban J connectivity index is 1.92. The highest BCUT2D eigenvalue weighted by Gasteiger charge is 2.38. The van der Waals surface area contributed by atoms with Gasteiger partial charge in [-0.3, -0.25) is 4.79 Å². The highest BCUT2D eigenvalue weighted by Crippen LogP contribution is 2.35. The molecule has 2 unspecified atom stereocenters. The van der Waals surface area contributed by atoms with E-state index < -0.39 is 0 Å². The molecule has 4 heteroatoms. The summed E-state index contributed by atoms with van der Waals surface area (Å²) >= 11 is 5.39. The van der Waals surface area contributed by atoms with Crippen molar-refractivity contribution in [3.63, 3.8) is 0 Å². The summed E-state index contributed by atoms with van der Waals surface area (Å²) in [5.74, 6) is 1.56. The quantitative estimate of drug-likeness (QED) is 0.729. The molecule has 0 aromatic heterocycles. The van der Waals surface area contributed by atoms with E-state index in [4.69, 9.17) is 0 Å². The third-order valence-corrected chi connectivity index (χ3v) is 6.12. The molecule has 15 heavy (non-hydrogen) atoms. The van der Waals surface area contributed by atoms with Gasteiger partial charge in [-0.05, 0) is 30.4 Å². The fraction of sp³-hybridized carbons (Fsp3) is 0.909. The van der Waals surface area contributed by atoms with Gasteiger partial charge in [0, 0.05) is 18.4 Å². The van der Waals surface area contributed by atoms with Crippen molar-refractivity contribution in [2.75, 3.05) is 24.2 Å². The Morgan fingerprint density at radius 3 is 3.00 bits per heavy atom. The van der Waals surface area contributed by atoms with Gasteiger partial charge in [0.15, 0.2) is 0 Å². The zero-order valence-electron chi connectivity index (χ0n) is 9.17. The van der Waals surface area contributed by atoms with E-state index in [0.29, 0.717) is 11.3 Å². The van der Waals surface area contributed by atoms with E-state index in [9.17, 15) is 4.79 Å². The predicted octanol–water partition coefficient (Wildman–Crippen LogP) is 2.52. The summed E-state index contributed by atoms with van der Waals surface area (Å²) in [6.07, 6.45) is 3.44. The van der Waals surface area contributed by atoms with Crippen LogP contribution in [0.2, 0.25) is 0 Å². The van der Waals surface area contributed by atoms with E-state index in [2.05, 4.69) is 27.8 Å². The fourth-order valence-corrected chi connectivity index (χ4v) is 4.00. The zero-order chi connectivity index (χ0) is 10.9. The normalized spacial score (nSPS) is 36.1. The number of thioether (sulfide) groups is 1. The second-order valence-corrected chi connectivity index (χ2v) is 6.83. The van der Waals surface area contributed by atoms with Crippen LogP contribution in [0.1, 0.15) is 26.2 Å². The monoisotopic (exact) mass is 291 g/mol. The van der Waals surface area contributed by atoms with Crippen molar-refractivity contribution in [1.82, 2.24) is 4.90 Å². The van der Waals surface area contributed by atoms with E-state index >= 15 is 0 Å². The minimum atomic E-state index is 0.266. The molecule has 2 heterocycles. The molecule has 0 aromatic rings. The van der Waals surface area contributed by atoms with Crippen molar-refractivity contribution in [2.45, 2.75) is 31.4 Å². The maximum atomic E-state index is 12.1. The van der Waals surface area contributed by atoms with Gasteiger partial charge in [0.25, 0.3) is 0 Å². The summed E-state index contributed by atoms with van der Waals surface area (Å²) in [6.45, 7) is 4.16. The molecule has 2 atom stereocenters. The summed E-state index contributed by atoms with van der Waals surface area (Å²) < 4.78 is 0. The van der Waals surface area contributed by atoms with Crippen molar-refractivity contribution >= 4 is 33.6 Å². The Bertz CT molecular complexity index is 255. The molecule has 2 aliphatic rings.